The number of H-pyrrole nitrogens is 1. The van der Waals surface area contributed by atoms with E-state index in [1.807, 2.05) is 73.0 Å². The van der Waals surface area contributed by atoms with E-state index >= 15 is 0 Å². The largest absolute Gasteiger partial charge is 0.321 e. The second-order valence-electron chi connectivity index (χ2n) is 6.43. The van der Waals surface area contributed by atoms with E-state index in [-0.39, 0.29) is 5.91 Å². The quantitative estimate of drug-likeness (QED) is 0.352. The Labute approximate surface area is 175 Å². The summed E-state index contributed by atoms with van der Waals surface area (Å²) in [6, 6.07) is 16.0. The number of nitrogens with one attached hydrogen (secondary N) is 2. The van der Waals surface area contributed by atoms with Gasteiger partial charge in [0, 0.05) is 16.4 Å². The van der Waals surface area contributed by atoms with Gasteiger partial charge in [0.05, 0.1) is 16.1 Å². The van der Waals surface area contributed by atoms with Crippen LogP contribution in [0.1, 0.15) is 32.1 Å². The molecule has 0 aliphatic rings. The van der Waals surface area contributed by atoms with Gasteiger partial charge in [-0.2, -0.15) is 5.10 Å². The molecule has 2 heterocycles. The Morgan fingerprint density at radius 2 is 2.07 bits per heavy atom. The second kappa shape index (κ2) is 8.12. The Balaban J connectivity index is 1.67. The maximum absolute atomic E-state index is 12.7. The molecule has 1 amide bonds. The minimum Gasteiger partial charge on any atom is -0.321 e. The number of alkyl halides is 1. The lowest BCUT2D eigenvalue weighted by Crippen LogP contribution is -2.12. The van der Waals surface area contributed by atoms with Crippen molar-refractivity contribution in [3.05, 3.63) is 81.2 Å². The molecule has 4 rings (SSSR count). The molecule has 2 aromatic carbocycles. The van der Waals surface area contributed by atoms with E-state index in [0.717, 1.165) is 49.2 Å². The average molecular weight is 452 g/mol. The Morgan fingerprint density at radius 1 is 1.21 bits per heavy atom. The number of thiophene rings is 1. The monoisotopic (exact) mass is 451 g/mol. The first-order chi connectivity index (χ1) is 13.7. The number of hydrogen-bond donors (Lipinski definition) is 2. The third kappa shape index (κ3) is 3.79. The predicted octanol–water partition coefficient (Wildman–Crippen LogP) is 6.25. The summed E-state index contributed by atoms with van der Waals surface area (Å²) in [6.07, 6.45) is 3.95. The molecule has 0 saturated heterocycles. The number of anilines is 1. The van der Waals surface area contributed by atoms with E-state index in [9.17, 15) is 4.79 Å². The number of halogens is 1. The van der Waals surface area contributed by atoms with Crippen molar-refractivity contribution < 1.29 is 4.79 Å². The van der Waals surface area contributed by atoms with Crippen molar-refractivity contribution in [1.29, 1.82) is 0 Å². The minimum atomic E-state index is -0.0842. The molecule has 0 bridgehead atoms. The molecule has 2 aromatic heterocycles. The van der Waals surface area contributed by atoms with Crippen molar-refractivity contribution in [3.63, 3.8) is 0 Å². The third-order valence-electron chi connectivity index (χ3n) is 4.51. The molecule has 4 nitrogen and oxygen atoms in total. The SMILES string of the molecule is Cc1ccsc1C(=O)Nc1cc(CBr)ccc1C=Cc1n[nH]c2ccccc12. The number of carbonyl (C=O) groups excluding carboxylic acids is 1. The Hall–Kier alpha value is -2.70. The highest BCUT2D eigenvalue weighted by Gasteiger charge is 2.13. The van der Waals surface area contributed by atoms with Gasteiger partial charge in [-0.25, -0.2) is 0 Å². The lowest BCUT2D eigenvalue weighted by Gasteiger charge is -2.10. The number of amides is 1. The highest BCUT2D eigenvalue weighted by Crippen LogP contribution is 2.25. The summed E-state index contributed by atoms with van der Waals surface area (Å²) in [4.78, 5) is 13.4. The van der Waals surface area contributed by atoms with Gasteiger partial charge < -0.3 is 5.32 Å². The van der Waals surface area contributed by atoms with Gasteiger partial charge >= 0.3 is 0 Å². The summed E-state index contributed by atoms with van der Waals surface area (Å²) in [5.74, 6) is -0.0842. The van der Waals surface area contributed by atoms with Crippen LogP contribution >= 0.6 is 27.3 Å². The number of aromatic nitrogens is 2. The van der Waals surface area contributed by atoms with Gasteiger partial charge in [0.2, 0.25) is 0 Å². The van der Waals surface area contributed by atoms with Crippen molar-refractivity contribution >= 4 is 61.9 Å². The zero-order valence-corrected chi connectivity index (χ0v) is 17.6. The summed E-state index contributed by atoms with van der Waals surface area (Å²) >= 11 is 4.94. The lowest BCUT2D eigenvalue weighted by molar-refractivity contribution is 0.103. The van der Waals surface area contributed by atoms with Gasteiger partial charge in [-0.05, 0) is 53.3 Å². The van der Waals surface area contributed by atoms with Crippen molar-refractivity contribution in [2.45, 2.75) is 12.3 Å². The summed E-state index contributed by atoms with van der Waals surface area (Å²) in [7, 11) is 0. The predicted molar refractivity (Wildman–Crippen MR) is 121 cm³/mol. The molecule has 28 heavy (non-hydrogen) atoms. The summed E-state index contributed by atoms with van der Waals surface area (Å²) < 4.78 is 0. The summed E-state index contributed by atoms with van der Waals surface area (Å²) in [6.45, 7) is 1.95. The number of aromatic amines is 1. The fourth-order valence-electron chi connectivity index (χ4n) is 3.00. The topological polar surface area (TPSA) is 57.8 Å². The van der Waals surface area contributed by atoms with Crippen LogP contribution in [-0.2, 0) is 5.33 Å². The van der Waals surface area contributed by atoms with Crippen molar-refractivity contribution in [2.75, 3.05) is 5.32 Å². The molecule has 2 N–H and O–H groups in total. The molecule has 0 aliphatic heterocycles. The van der Waals surface area contributed by atoms with Crippen LogP contribution < -0.4 is 5.32 Å². The first kappa shape index (κ1) is 18.7. The van der Waals surface area contributed by atoms with Gasteiger partial charge in [0.25, 0.3) is 5.91 Å². The molecule has 0 spiro atoms. The maximum atomic E-state index is 12.7. The number of rotatable bonds is 5. The number of aryl methyl sites for hydroxylation is 1. The van der Waals surface area contributed by atoms with Crippen LogP contribution in [0, 0.1) is 6.92 Å². The molecular formula is C22H18BrN3OS. The average Bonchev–Trinajstić information content (AvgIpc) is 3.33. The maximum Gasteiger partial charge on any atom is 0.266 e. The fraction of sp³-hybridized carbons (Fsp3) is 0.0909. The molecule has 0 fully saturated rings. The standard InChI is InChI=1S/C22H18BrN3OS/c1-14-10-11-28-21(14)22(27)24-20-12-15(13-23)6-7-16(20)8-9-19-17-4-2-3-5-18(17)25-26-19/h2-12H,13H2,1H3,(H,24,27)(H,25,26). The molecule has 6 heteroatoms. The first-order valence-electron chi connectivity index (χ1n) is 8.81. The summed E-state index contributed by atoms with van der Waals surface area (Å²) in [5.41, 5.74) is 5.66. The van der Waals surface area contributed by atoms with E-state index in [4.69, 9.17) is 0 Å². The number of fused-ring (bicyclic) bond motifs is 1. The Morgan fingerprint density at radius 3 is 2.86 bits per heavy atom. The van der Waals surface area contributed by atoms with Crippen LogP contribution in [0.2, 0.25) is 0 Å². The Bertz CT molecular complexity index is 1180. The highest BCUT2D eigenvalue weighted by molar-refractivity contribution is 9.08. The van der Waals surface area contributed by atoms with Gasteiger partial charge in [-0.1, -0.05) is 52.3 Å². The second-order valence-corrected chi connectivity index (χ2v) is 7.91. The summed E-state index contributed by atoms with van der Waals surface area (Å²) in [5, 5.41) is 14.2. The molecule has 0 saturated carbocycles. The van der Waals surface area contributed by atoms with Crippen LogP contribution in [0.3, 0.4) is 0 Å². The van der Waals surface area contributed by atoms with Crippen LogP contribution in [0.4, 0.5) is 5.69 Å². The number of hydrogen-bond acceptors (Lipinski definition) is 3. The smallest absolute Gasteiger partial charge is 0.266 e. The fourth-order valence-corrected chi connectivity index (χ4v) is 4.17. The molecule has 4 aromatic rings. The third-order valence-corrected chi connectivity index (χ3v) is 6.17. The molecule has 0 unspecified atom stereocenters. The minimum absolute atomic E-state index is 0.0842. The molecule has 140 valence electrons. The molecular weight excluding hydrogens is 434 g/mol. The molecule has 0 atom stereocenters. The van der Waals surface area contributed by atoms with Crippen LogP contribution in [0.25, 0.3) is 23.1 Å². The van der Waals surface area contributed by atoms with E-state index in [2.05, 4.69) is 31.4 Å². The Kier molecular flexibility index (Phi) is 5.41. The molecule has 0 aliphatic carbocycles. The van der Waals surface area contributed by atoms with Crippen LogP contribution in [-0.4, -0.2) is 16.1 Å². The lowest BCUT2D eigenvalue weighted by atomic mass is 10.1. The number of nitrogens with zero attached hydrogens (tertiary/aromatic N) is 1. The van der Waals surface area contributed by atoms with Gasteiger partial charge in [-0.15, -0.1) is 11.3 Å². The number of para-hydroxylation sites is 1. The number of carbonyl (C=O) groups is 1. The van der Waals surface area contributed by atoms with Crippen molar-refractivity contribution in [2.24, 2.45) is 0 Å². The van der Waals surface area contributed by atoms with Crippen LogP contribution in [0.15, 0.2) is 53.9 Å². The van der Waals surface area contributed by atoms with Gasteiger partial charge in [-0.3, -0.25) is 9.89 Å². The van der Waals surface area contributed by atoms with Crippen LogP contribution in [0.5, 0.6) is 0 Å². The number of benzene rings is 2. The first-order valence-corrected chi connectivity index (χ1v) is 10.8. The van der Waals surface area contributed by atoms with Crippen molar-refractivity contribution in [3.8, 4) is 0 Å². The van der Waals surface area contributed by atoms with E-state index < -0.39 is 0 Å². The van der Waals surface area contributed by atoms with Gasteiger partial charge in [0.1, 0.15) is 0 Å². The van der Waals surface area contributed by atoms with Gasteiger partial charge in [0.15, 0.2) is 0 Å². The van der Waals surface area contributed by atoms with E-state index in [0.29, 0.717) is 0 Å². The molecule has 0 radical (unpaired) electrons. The normalized spacial score (nSPS) is 11.4. The highest BCUT2D eigenvalue weighted by atomic mass is 79.9. The van der Waals surface area contributed by atoms with E-state index in [1.165, 1.54) is 11.3 Å². The van der Waals surface area contributed by atoms with Crippen molar-refractivity contribution in [1.82, 2.24) is 10.2 Å². The zero-order valence-electron chi connectivity index (χ0n) is 15.2. The zero-order chi connectivity index (χ0) is 19.5. The van der Waals surface area contributed by atoms with E-state index in [1.54, 1.807) is 0 Å².